The zero-order valence-electron chi connectivity index (χ0n) is 18.8. The normalized spacial score (nSPS) is 17.8. The molecule has 0 saturated carbocycles. The lowest BCUT2D eigenvalue weighted by Gasteiger charge is -2.38. The van der Waals surface area contributed by atoms with Crippen molar-refractivity contribution < 1.29 is 18.7 Å². The molecule has 0 atom stereocenters. The van der Waals surface area contributed by atoms with Gasteiger partial charge in [0.05, 0.1) is 7.11 Å². The van der Waals surface area contributed by atoms with Crippen molar-refractivity contribution in [3.8, 4) is 5.75 Å². The average Bonchev–Trinajstić information content (AvgIpc) is 2.84. The maximum Gasteiger partial charge on any atom is 0.253 e. The number of hydrogen-bond donors (Lipinski definition) is 0. The maximum atomic E-state index is 13.9. The van der Waals surface area contributed by atoms with E-state index < -0.39 is 0 Å². The minimum Gasteiger partial charge on any atom is -0.494 e. The van der Waals surface area contributed by atoms with Crippen LogP contribution in [-0.2, 0) is 11.3 Å². The molecule has 0 bridgehead atoms. The Morgan fingerprint density at radius 2 is 1.64 bits per heavy atom. The van der Waals surface area contributed by atoms with Crippen LogP contribution in [0.25, 0.3) is 0 Å². The Morgan fingerprint density at radius 1 is 0.970 bits per heavy atom. The number of halogens is 2. The zero-order valence-corrected chi connectivity index (χ0v) is 19.6. The molecule has 0 radical (unpaired) electrons. The summed E-state index contributed by atoms with van der Waals surface area (Å²) >= 11 is 5.91. The Labute approximate surface area is 198 Å². The van der Waals surface area contributed by atoms with E-state index in [0.29, 0.717) is 56.2 Å². The summed E-state index contributed by atoms with van der Waals surface area (Å²) in [5.74, 6) is 0.0196. The van der Waals surface area contributed by atoms with Crippen LogP contribution in [0.1, 0.15) is 28.8 Å². The van der Waals surface area contributed by atoms with Crippen molar-refractivity contribution in [2.75, 3.05) is 46.4 Å². The summed E-state index contributed by atoms with van der Waals surface area (Å²) in [7, 11) is 1.45. The number of nitrogens with zero attached hydrogens (tertiary/aromatic N) is 3. The first-order valence-electron chi connectivity index (χ1n) is 11.3. The topological polar surface area (TPSA) is 53.1 Å². The van der Waals surface area contributed by atoms with Crippen molar-refractivity contribution >= 4 is 23.4 Å². The second-order valence-electron chi connectivity index (χ2n) is 8.64. The van der Waals surface area contributed by atoms with Gasteiger partial charge in [-0.2, -0.15) is 0 Å². The number of ether oxygens (including phenoxy) is 1. The molecule has 2 aromatic rings. The fraction of sp³-hybridized carbons (Fsp3) is 0.440. The molecule has 0 unspecified atom stereocenters. The van der Waals surface area contributed by atoms with Gasteiger partial charge in [-0.05, 0) is 54.8 Å². The number of benzene rings is 2. The van der Waals surface area contributed by atoms with Gasteiger partial charge in [0.1, 0.15) is 0 Å². The van der Waals surface area contributed by atoms with Gasteiger partial charge >= 0.3 is 0 Å². The molecule has 2 amide bonds. The van der Waals surface area contributed by atoms with Crippen molar-refractivity contribution in [2.24, 2.45) is 5.92 Å². The molecule has 2 aliphatic rings. The smallest absolute Gasteiger partial charge is 0.253 e. The third-order valence-electron chi connectivity index (χ3n) is 6.53. The third kappa shape index (κ3) is 5.65. The number of rotatable bonds is 5. The summed E-state index contributed by atoms with van der Waals surface area (Å²) in [4.78, 5) is 31.7. The van der Waals surface area contributed by atoms with Crippen LogP contribution < -0.4 is 4.74 Å². The van der Waals surface area contributed by atoms with Gasteiger partial charge in [0.2, 0.25) is 5.91 Å². The molecule has 2 heterocycles. The molecular weight excluding hydrogens is 445 g/mol. The first-order valence-corrected chi connectivity index (χ1v) is 11.7. The Morgan fingerprint density at radius 3 is 2.24 bits per heavy atom. The fourth-order valence-corrected chi connectivity index (χ4v) is 4.68. The standard InChI is InChI=1S/C25H29ClFN3O3/c1-33-23-7-2-18(16-22(23)27)17-28-12-14-30(15-13-28)25(32)20-8-10-29(11-9-20)24(31)19-3-5-21(26)6-4-19/h2-7,16,20H,8-15,17H2,1H3. The summed E-state index contributed by atoms with van der Waals surface area (Å²) in [6, 6.07) is 11.9. The number of hydrogen-bond acceptors (Lipinski definition) is 4. The highest BCUT2D eigenvalue weighted by Gasteiger charge is 2.32. The number of carbonyl (C=O) groups excluding carboxylic acids is 2. The Bertz CT molecular complexity index is 985. The van der Waals surface area contributed by atoms with Crippen molar-refractivity contribution in [1.82, 2.24) is 14.7 Å². The van der Waals surface area contributed by atoms with E-state index in [1.54, 1.807) is 30.3 Å². The van der Waals surface area contributed by atoms with E-state index in [9.17, 15) is 14.0 Å². The molecule has 2 saturated heterocycles. The molecule has 0 spiro atoms. The lowest BCUT2D eigenvalue weighted by molar-refractivity contribution is -0.138. The van der Waals surface area contributed by atoms with Gasteiger partial charge in [0.25, 0.3) is 5.91 Å². The molecule has 0 aromatic heterocycles. The number of piperazine rings is 1. The van der Waals surface area contributed by atoms with E-state index in [1.165, 1.54) is 13.2 Å². The largest absolute Gasteiger partial charge is 0.494 e. The number of methoxy groups -OCH3 is 1. The van der Waals surface area contributed by atoms with Crippen molar-refractivity contribution in [3.63, 3.8) is 0 Å². The van der Waals surface area contributed by atoms with Gasteiger partial charge in [0.15, 0.2) is 11.6 Å². The second-order valence-corrected chi connectivity index (χ2v) is 9.08. The molecule has 4 rings (SSSR count). The summed E-state index contributed by atoms with van der Waals surface area (Å²) < 4.78 is 18.9. The molecule has 6 nitrogen and oxygen atoms in total. The predicted octanol–water partition coefficient (Wildman–Crippen LogP) is 3.68. The van der Waals surface area contributed by atoms with Crippen LogP contribution in [0.5, 0.6) is 5.75 Å². The minimum atomic E-state index is -0.357. The summed E-state index contributed by atoms with van der Waals surface area (Å²) in [6.07, 6.45) is 1.37. The van der Waals surface area contributed by atoms with Crippen molar-refractivity contribution in [2.45, 2.75) is 19.4 Å². The molecule has 2 aliphatic heterocycles. The first kappa shape index (κ1) is 23.5. The van der Waals surface area contributed by atoms with E-state index in [2.05, 4.69) is 4.90 Å². The van der Waals surface area contributed by atoms with Crippen molar-refractivity contribution in [3.05, 3.63) is 64.4 Å². The summed E-state index contributed by atoms with van der Waals surface area (Å²) in [5, 5.41) is 0.604. The van der Waals surface area contributed by atoms with E-state index in [-0.39, 0.29) is 29.3 Å². The summed E-state index contributed by atoms with van der Waals surface area (Å²) in [5.41, 5.74) is 1.52. The Kier molecular flexibility index (Phi) is 7.50. The van der Waals surface area contributed by atoms with Gasteiger partial charge in [-0.25, -0.2) is 4.39 Å². The van der Waals surface area contributed by atoms with Crippen LogP contribution in [0.3, 0.4) is 0 Å². The van der Waals surface area contributed by atoms with Crippen LogP contribution >= 0.6 is 11.6 Å². The zero-order chi connectivity index (χ0) is 23.4. The minimum absolute atomic E-state index is 0.0128. The van der Waals surface area contributed by atoms with Gasteiger partial charge in [-0.1, -0.05) is 17.7 Å². The number of amides is 2. The van der Waals surface area contributed by atoms with Crippen LogP contribution in [-0.4, -0.2) is 72.9 Å². The molecule has 8 heteroatoms. The van der Waals surface area contributed by atoms with Gasteiger partial charge in [0, 0.05) is 62.3 Å². The van der Waals surface area contributed by atoms with E-state index in [1.807, 2.05) is 15.9 Å². The average molecular weight is 474 g/mol. The van der Waals surface area contributed by atoms with Crippen LogP contribution in [0.2, 0.25) is 5.02 Å². The van der Waals surface area contributed by atoms with Crippen molar-refractivity contribution in [1.29, 1.82) is 0 Å². The number of carbonyl (C=O) groups is 2. The predicted molar refractivity (Wildman–Crippen MR) is 125 cm³/mol. The third-order valence-corrected chi connectivity index (χ3v) is 6.78. The highest BCUT2D eigenvalue weighted by molar-refractivity contribution is 6.30. The SMILES string of the molecule is COc1ccc(CN2CCN(C(=O)C3CCN(C(=O)c4ccc(Cl)cc4)CC3)CC2)cc1F. The molecular formula is C25H29ClFN3O3. The van der Waals surface area contributed by atoms with Gasteiger partial charge in [-0.3, -0.25) is 14.5 Å². The molecule has 2 fully saturated rings. The highest BCUT2D eigenvalue weighted by Crippen LogP contribution is 2.23. The monoisotopic (exact) mass is 473 g/mol. The van der Waals surface area contributed by atoms with Crippen LogP contribution in [0.15, 0.2) is 42.5 Å². The maximum absolute atomic E-state index is 13.9. The second kappa shape index (κ2) is 10.5. The molecule has 0 aliphatic carbocycles. The highest BCUT2D eigenvalue weighted by atomic mass is 35.5. The molecule has 176 valence electrons. The van der Waals surface area contributed by atoms with E-state index >= 15 is 0 Å². The van der Waals surface area contributed by atoms with Crippen LogP contribution in [0.4, 0.5) is 4.39 Å². The number of likely N-dealkylation sites (tertiary alicyclic amines) is 1. The Hall–Kier alpha value is -2.64. The van der Waals surface area contributed by atoms with E-state index in [4.69, 9.17) is 16.3 Å². The number of piperidine rings is 1. The molecule has 33 heavy (non-hydrogen) atoms. The fourth-order valence-electron chi connectivity index (χ4n) is 4.56. The lowest BCUT2D eigenvalue weighted by Crippen LogP contribution is -2.51. The lowest BCUT2D eigenvalue weighted by atomic mass is 9.94. The summed E-state index contributed by atoms with van der Waals surface area (Å²) in [6.45, 7) is 4.67. The quantitative estimate of drug-likeness (QED) is 0.664. The Balaban J connectivity index is 1.23. The van der Waals surface area contributed by atoms with Gasteiger partial charge < -0.3 is 14.5 Å². The van der Waals surface area contributed by atoms with E-state index in [0.717, 1.165) is 18.7 Å². The molecule has 2 aromatic carbocycles. The first-order chi connectivity index (χ1) is 15.9. The van der Waals surface area contributed by atoms with Crippen LogP contribution in [0, 0.1) is 11.7 Å². The van der Waals surface area contributed by atoms with Gasteiger partial charge in [-0.15, -0.1) is 0 Å². The molecule has 0 N–H and O–H groups in total.